The molecule has 0 aromatic rings. The maximum absolute atomic E-state index is 10.9. The van der Waals surface area contributed by atoms with Crippen LogP contribution >= 0.6 is 15.9 Å². The molecule has 0 saturated carbocycles. The first-order valence-corrected chi connectivity index (χ1v) is 5.40. The van der Waals surface area contributed by atoms with Crippen LogP contribution in [0.15, 0.2) is 0 Å². The number of amides is 2. The smallest absolute Gasteiger partial charge is 0.220 e. The molecule has 0 heterocycles. The molecule has 3 N–H and O–H groups in total. The van der Waals surface area contributed by atoms with Gasteiger partial charge in [-0.05, 0) is 12.8 Å². The fourth-order valence-corrected chi connectivity index (χ4v) is 1.19. The summed E-state index contributed by atoms with van der Waals surface area (Å²) in [6, 6.07) is 0. The van der Waals surface area contributed by atoms with E-state index >= 15 is 0 Å². The van der Waals surface area contributed by atoms with Crippen molar-refractivity contribution < 1.29 is 9.59 Å². The highest BCUT2D eigenvalue weighted by atomic mass is 79.9. The van der Waals surface area contributed by atoms with Crippen molar-refractivity contribution in [2.24, 2.45) is 5.73 Å². The summed E-state index contributed by atoms with van der Waals surface area (Å²) in [6.45, 7) is 0.624. The largest absolute Gasteiger partial charge is 0.370 e. The summed E-state index contributed by atoms with van der Waals surface area (Å²) in [5.74, 6) is -0.247. The van der Waals surface area contributed by atoms with Crippen LogP contribution in [0, 0.1) is 0 Å². The minimum atomic E-state index is -0.285. The zero-order chi connectivity index (χ0) is 10.1. The van der Waals surface area contributed by atoms with E-state index in [4.69, 9.17) is 5.73 Å². The van der Waals surface area contributed by atoms with Crippen LogP contribution < -0.4 is 11.1 Å². The van der Waals surface area contributed by atoms with Crippen LogP contribution in [0.3, 0.4) is 0 Å². The standard InChI is InChI=1S/C8H15BrN2O2/c9-5-4-8(13)11-6-2-1-3-7(10)12/h1-6H2,(H2,10,12)(H,11,13). The molecule has 4 nitrogen and oxygen atoms in total. The number of alkyl halides is 1. The van der Waals surface area contributed by atoms with Crippen molar-refractivity contribution in [2.75, 3.05) is 11.9 Å². The van der Waals surface area contributed by atoms with Crippen LogP contribution in [0.4, 0.5) is 0 Å². The molecule has 0 unspecified atom stereocenters. The molecule has 5 heteroatoms. The zero-order valence-corrected chi connectivity index (χ0v) is 9.10. The molecule has 0 bridgehead atoms. The number of carbonyl (C=O) groups is 2. The summed E-state index contributed by atoms with van der Waals surface area (Å²) in [6.07, 6.45) is 2.44. The molecule has 0 aliphatic carbocycles. The molecule has 0 aliphatic rings. The summed E-state index contributed by atoms with van der Waals surface area (Å²) in [5, 5.41) is 3.42. The van der Waals surface area contributed by atoms with E-state index in [0.717, 1.165) is 12.8 Å². The van der Waals surface area contributed by atoms with E-state index in [1.54, 1.807) is 0 Å². The highest BCUT2D eigenvalue weighted by Crippen LogP contribution is 1.93. The molecule has 0 atom stereocenters. The van der Waals surface area contributed by atoms with Gasteiger partial charge in [0.15, 0.2) is 0 Å². The number of hydrogen-bond acceptors (Lipinski definition) is 2. The van der Waals surface area contributed by atoms with Gasteiger partial charge in [0.2, 0.25) is 11.8 Å². The molecule has 0 aliphatic heterocycles. The molecular formula is C8H15BrN2O2. The molecule has 0 saturated heterocycles. The van der Waals surface area contributed by atoms with Crippen LogP contribution in [0.1, 0.15) is 25.7 Å². The highest BCUT2D eigenvalue weighted by Gasteiger charge is 1.98. The van der Waals surface area contributed by atoms with E-state index < -0.39 is 0 Å². The molecule has 76 valence electrons. The van der Waals surface area contributed by atoms with Crippen LogP contribution in [-0.4, -0.2) is 23.7 Å². The van der Waals surface area contributed by atoms with Crippen molar-refractivity contribution in [2.45, 2.75) is 25.7 Å². The Morgan fingerprint density at radius 3 is 2.46 bits per heavy atom. The molecule has 13 heavy (non-hydrogen) atoms. The van der Waals surface area contributed by atoms with E-state index in [1.165, 1.54) is 0 Å². The number of halogens is 1. The van der Waals surface area contributed by atoms with Crippen molar-refractivity contribution in [3.63, 3.8) is 0 Å². The molecule has 0 spiro atoms. The van der Waals surface area contributed by atoms with Gasteiger partial charge in [0.05, 0.1) is 0 Å². The fraction of sp³-hybridized carbons (Fsp3) is 0.750. The van der Waals surface area contributed by atoms with Gasteiger partial charge in [-0.3, -0.25) is 9.59 Å². The number of primary amides is 1. The van der Waals surface area contributed by atoms with E-state index in [-0.39, 0.29) is 11.8 Å². The molecule has 0 aromatic carbocycles. The van der Waals surface area contributed by atoms with Crippen molar-refractivity contribution in [3.8, 4) is 0 Å². The van der Waals surface area contributed by atoms with Gasteiger partial charge in [-0.25, -0.2) is 0 Å². The molecule has 0 radical (unpaired) electrons. The van der Waals surface area contributed by atoms with Crippen molar-refractivity contribution in [3.05, 3.63) is 0 Å². The first kappa shape index (κ1) is 12.4. The Balaban J connectivity index is 3.16. The van der Waals surface area contributed by atoms with Gasteiger partial charge in [0, 0.05) is 24.7 Å². The lowest BCUT2D eigenvalue weighted by atomic mass is 10.2. The summed E-state index contributed by atoms with van der Waals surface area (Å²) < 4.78 is 0. The lowest BCUT2D eigenvalue weighted by Gasteiger charge is -2.02. The van der Waals surface area contributed by atoms with Gasteiger partial charge >= 0.3 is 0 Å². The Morgan fingerprint density at radius 2 is 1.92 bits per heavy atom. The molecule has 2 amide bonds. The van der Waals surface area contributed by atoms with Crippen molar-refractivity contribution in [1.82, 2.24) is 5.32 Å². The number of nitrogens with two attached hydrogens (primary N) is 1. The van der Waals surface area contributed by atoms with Gasteiger partial charge in [-0.15, -0.1) is 0 Å². The third kappa shape index (κ3) is 9.33. The third-order valence-electron chi connectivity index (χ3n) is 1.49. The summed E-state index contributed by atoms with van der Waals surface area (Å²) in [4.78, 5) is 21.2. The summed E-state index contributed by atoms with van der Waals surface area (Å²) >= 11 is 3.17. The van der Waals surface area contributed by atoms with Crippen molar-refractivity contribution in [1.29, 1.82) is 0 Å². The Morgan fingerprint density at radius 1 is 1.23 bits per heavy atom. The minimum absolute atomic E-state index is 0.0379. The first-order valence-electron chi connectivity index (χ1n) is 4.27. The minimum Gasteiger partial charge on any atom is -0.370 e. The van der Waals surface area contributed by atoms with Crippen molar-refractivity contribution >= 4 is 27.7 Å². The number of nitrogens with one attached hydrogen (secondary N) is 1. The molecular weight excluding hydrogens is 236 g/mol. The lowest BCUT2D eigenvalue weighted by molar-refractivity contribution is -0.120. The molecule has 0 aromatic heterocycles. The van der Waals surface area contributed by atoms with Gasteiger partial charge in [0.25, 0.3) is 0 Å². The maximum Gasteiger partial charge on any atom is 0.220 e. The second-order valence-electron chi connectivity index (χ2n) is 2.71. The Labute approximate surface area is 86.4 Å². The second-order valence-corrected chi connectivity index (χ2v) is 3.51. The Kier molecular flexibility index (Phi) is 7.68. The highest BCUT2D eigenvalue weighted by molar-refractivity contribution is 9.09. The van der Waals surface area contributed by atoms with E-state index in [2.05, 4.69) is 21.2 Å². The fourth-order valence-electron chi connectivity index (χ4n) is 0.826. The zero-order valence-electron chi connectivity index (χ0n) is 7.51. The molecule has 0 fully saturated rings. The molecule has 0 rings (SSSR count). The first-order chi connectivity index (χ1) is 6.16. The average Bonchev–Trinajstić information content (AvgIpc) is 2.03. The van der Waals surface area contributed by atoms with Gasteiger partial charge in [0.1, 0.15) is 0 Å². The predicted octanol–water partition coefficient (Wildman–Crippen LogP) is 0.543. The SMILES string of the molecule is NC(=O)CCCCNC(=O)CCBr. The normalized spacial score (nSPS) is 9.62. The average molecular weight is 251 g/mol. The predicted molar refractivity (Wildman–Crippen MR) is 54.5 cm³/mol. The monoisotopic (exact) mass is 250 g/mol. The Bertz CT molecular complexity index is 174. The Hall–Kier alpha value is -0.580. The topological polar surface area (TPSA) is 72.2 Å². The second kappa shape index (κ2) is 8.04. The van der Waals surface area contributed by atoms with E-state index in [9.17, 15) is 9.59 Å². The lowest BCUT2D eigenvalue weighted by Crippen LogP contribution is -2.24. The van der Waals surface area contributed by atoms with Crippen LogP contribution in [0.2, 0.25) is 0 Å². The number of carbonyl (C=O) groups excluding carboxylic acids is 2. The van der Waals surface area contributed by atoms with Gasteiger partial charge < -0.3 is 11.1 Å². The van der Waals surface area contributed by atoms with Crippen LogP contribution in [0.25, 0.3) is 0 Å². The number of hydrogen-bond donors (Lipinski definition) is 2. The number of rotatable bonds is 7. The van der Waals surface area contributed by atoms with Crippen LogP contribution in [-0.2, 0) is 9.59 Å². The van der Waals surface area contributed by atoms with Crippen LogP contribution in [0.5, 0.6) is 0 Å². The van der Waals surface area contributed by atoms with E-state index in [1.807, 2.05) is 0 Å². The summed E-state index contributed by atoms with van der Waals surface area (Å²) in [5.41, 5.74) is 4.95. The third-order valence-corrected chi connectivity index (χ3v) is 1.89. The van der Waals surface area contributed by atoms with E-state index in [0.29, 0.717) is 24.7 Å². The van der Waals surface area contributed by atoms with Gasteiger partial charge in [-0.2, -0.15) is 0 Å². The number of unbranched alkanes of at least 4 members (excludes halogenated alkanes) is 1. The maximum atomic E-state index is 10.9. The quantitative estimate of drug-likeness (QED) is 0.512. The van der Waals surface area contributed by atoms with Gasteiger partial charge in [-0.1, -0.05) is 15.9 Å². The summed E-state index contributed by atoms with van der Waals surface area (Å²) in [7, 11) is 0.